The van der Waals surface area contributed by atoms with Crippen LogP contribution in [0.1, 0.15) is 104 Å². The third-order valence-corrected chi connectivity index (χ3v) is 5.55. The van der Waals surface area contributed by atoms with Gasteiger partial charge in [-0.2, -0.15) is 0 Å². The maximum absolute atomic E-state index is 11.7. The number of hydrogen-bond donors (Lipinski definition) is 1. The van der Waals surface area contributed by atoms with Crippen molar-refractivity contribution in [3.05, 3.63) is 72.9 Å². The van der Waals surface area contributed by atoms with Gasteiger partial charge in [0.25, 0.3) is 0 Å². The van der Waals surface area contributed by atoms with E-state index in [-0.39, 0.29) is 19.2 Å². The lowest BCUT2D eigenvalue weighted by atomic mass is 10.2. The first kappa shape index (κ1) is 34.8. The average molecular weight is 515 g/mol. The van der Waals surface area contributed by atoms with Gasteiger partial charge in [-0.05, 0) is 64.2 Å². The number of allylic oxidation sites excluding steroid dienone is 12. The van der Waals surface area contributed by atoms with Crippen molar-refractivity contribution in [3.8, 4) is 0 Å². The molecule has 0 bridgehead atoms. The summed E-state index contributed by atoms with van der Waals surface area (Å²) >= 11 is 0. The van der Waals surface area contributed by atoms with E-state index in [0.717, 1.165) is 83.5 Å². The highest BCUT2D eigenvalue weighted by atomic mass is 16.6. The predicted octanol–water partition coefficient (Wildman–Crippen LogP) is 8.75. The summed E-state index contributed by atoms with van der Waals surface area (Å²) in [6.45, 7) is 4.96. The second-order valence-corrected chi connectivity index (χ2v) is 9.09. The van der Waals surface area contributed by atoms with E-state index in [1.165, 1.54) is 0 Å². The summed E-state index contributed by atoms with van der Waals surface area (Å²) in [6, 6.07) is 0. The Labute approximate surface area is 227 Å². The van der Waals surface area contributed by atoms with E-state index in [0.29, 0.717) is 13.0 Å². The molecule has 210 valence electrons. The third-order valence-electron chi connectivity index (χ3n) is 5.55. The maximum Gasteiger partial charge on any atom is 0.306 e. The summed E-state index contributed by atoms with van der Waals surface area (Å²) in [4.78, 5) is 11.7. The largest absolute Gasteiger partial charge is 0.457 e. The lowest BCUT2D eigenvalue weighted by Crippen LogP contribution is -2.27. The van der Waals surface area contributed by atoms with Crippen LogP contribution in [0.15, 0.2) is 72.9 Å². The Balaban J connectivity index is 3.57. The summed E-state index contributed by atoms with van der Waals surface area (Å²) in [5, 5.41) is 9.35. The topological polar surface area (TPSA) is 55.8 Å². The van der Waals surface area contributed by atoms with Gasteiger partial charge in [-0.3, -0.25) is 4.79 Å². The molecule has 0 aliphatic carbocycles. The number of ether oxygens (including phenoxy) is 2. The van der Waals surface area contributed by atoms with Crippen LogP contribution in [-0.2, 0) is 14.3 Å². The van der Waals surface area contributed by atoms with E-state index in [1.54, 1.807) is 0 Å². The summed E-state index contributed by atoms with van der Waals surface area (Å²) in [5.74, 6) is -0.243. The van der Waals surface area contributed by atoms with Crippen LogP contribution in [0.2, 0.25) is 0 Å². The molecule has 0 radical (unpaired) electrons. The molecule has 1 atom stereocenters. The lowest BCUT2D eigenvalue weighted by molar-refractivity contribution is -0.154. The van der Waals surface area contributed by atoms with Crippen LogP contribution in [0.25, 0.3) is 0 Å². The molecular formula is C33H54O4. The molecule has 4 nitrogen and oxygen atoms in total. The van der Waals surface area contributed by atoms with Crippen LogP contribution in [0.5, 0.6) is 0 Å². The summed E-state index contributed by atoms with van der Waals surface area (Å²) < 4.78 is 10.8. The molecule has 0 saturated carbocycles. The number of aliphatic hydroxyl groups is 1. The number of esters is 1. The molecule has 0 aliphatic rings. The third kappa shape index (κ3) is 28.3. The van der Waals surface area contributed by atoms with Crippen molar-refractivity contribution in [1.29, 1.82) is 0 Å². The van der Waals surface area contributed by atoms with Crippen LogP contribution in [0.3, 0.4) is 0 Å². The van der Waals surface area contributed by atoms with Gasteiger partial charge < -0.3 is 14.6 Å². The minimum absolute atomic E-state index is 0.192. The van der Waals surface area contributed by atoms with Gasteiger partial charge in [-0.15, -0.1) is 0 Å². The first-order chi connectivity index (χ1) is 18.2. The fourth-order valence-electron chi connectivity index (χ4n) is 3.39. The van der Waals surface area contributed by atoms with Crippen molar-refractivity contribution in [3.63, 3.8) is 0 Å². The molecule has 0 aliphatic heterocycles. The SMILES string of the molecule is CC/C=C\C/C=C\C/C=C\C/C=C\C/C=C\C/C=C\CCCCCOCC(CO)OC(=O)CCCCC. The van der Waals surface area contributed by atoms with Crippen molar-refractivity contribution in [2.45, 2.75) is 110 Å². The first-order valence-electron chi connectivity index (χ1n) is 14.5. The molecule has 0 aromatic rings. The highest BCUT2D eigenvalue weighted by molar-refractivity contribution is 5.69. The molecule has 0 fully saturated rings. The first-order valence-corrected chi connectivity index (χ1v) is 14.5. The van der Waals surface area contributed by atoms with E-state index in [2.05, 4.69) is 86.8 Å². The number of rotatable bonds is 25. The minimum Gasteiger partial charge on any atom is -0.457 e. The Kier molecular flexibility index (Phi) is 28.3. The fourth-order valence-corrected chi connectivity index (χ4v) is 3.39. The molecule has 37 heavy (non-hydrogen) atoms. The molecule has 0 heterocycles. The van der Waals surface area contributed by atoms with Gasteiger partial charge in [0, 0.05) is 13.0 Å². The zero-order chi connectivity index (χ0) is 27.1. The number of carbonyl (C=O) groups is 1. The second kappa shape index (κ2) is 30.1. The molecule has 0 aromatic carbocycles. The van der Waals surface area contributed by atoms with Crippen LogP contribution >= 0.6 is 0 Å². The fraction of sp³-hybridized carbons (Fsp3) is 0.606. The molecule has 0 saturated heterocycles. The van der Waals surface area contributed by atoms with Crippen molar-refractivity contribution in [2.75, 3.05) is 19.8 Å². The van der Waals surface area contributed by atoms with E-state index in [4.69, 9.17) is 9.47 Å². The molecule has 1 unspecified atom stereocenters. The Bertz CT molecular complexity index is 670. The normalized spacial score (nSPS) is 13.5. The quantitative estimate of drug-likeness (QED) is 0.0751. The van der Waals surface area contributed by atoms with Crippen molar-refractivity contribution < 1.29 is 19.4 Å². The standard InChI is InChI=1S/C33H54O4/c1-3-5-7-8-9-10-11-12-13-14-15-16-17-18-19-20-21-22-23-24-25-27-29-36-31-32(30-34)37-33(35)28-26-6-4-2/h5,7,9-10,12-13,15-16,18-19,21-22,32,34H,3-4,6,8,11,14,17,20,23-31H2,1-2H3/b7-5-,10-9-,13-12-,16-15-,19-18-,22-21-. The Morgan fingerprint density at radius 2 is 1.22 bits per heavy atom. The van der Waals surface area contributed by atoms with Gasteiger partial charge in [0.1, 0.15) is 6.10 Å². The van der Waals surface area contributed by atoms with E-state index in [9.17, 15) is 9.90 Å². The van der Waals surface area contributed by atoms with Gasteiger partial charge in [0.05, 0.1) is 13.2 Å². The van der Waals surface area contributed by atoms with Crippen LogP contribution in [-0.4, -0.2) is 37.0 Å². The average Bonchev–Trinajstić information content (AvgIpc) is 2.90. The van der Waals surface area contributed by atoms with Gasteiger partial charge >= 0.3 is 5.97 Å². The van der Waals surface area contributed by atoms with Crippen molar-refractivity contribution in [2.24, 2.45) is 0 Å². The minimum atomic E-state index is -0.548. The molecule has 0 rings (SSSR count). The van der Waals surface area contributed by atoms with Crippen LogP contribution < -0.4 is 0 Å². The van der Waals surface area contributed by atoms with Crippen LogP contribution in [0.4, 0.5) is 0 Å². The number of aliphatic hydroxyl groups excluding tert-OH is 1. The maximum atomic E-state index is 11.7. The van der Waals surface area contributed by atoms with Gasteiger partial charge in [-0.1, -0.05) is 106 Å². The van der Waals surface area contributed by atoms with Gasteiger partial charge in [0.2, 0.25) is 0 Å². The van der Waals surface area contributed by atoms with E-state index < -0.39 is 6.10 Å². The van der Waals surface area contributed by atoms with E-state index >= 15 is 0 Å². The summed E-state index contributed by atoms with van der Waals surface area (Å²) in [7, 11) is 0. The van der Waals surface area contributed by atoms with Gasteiger partial charge in [-0.25, -0.2) is 0 Å². The Morgan fingerprint density at radius 1 is 0.676 bits per heavy atom. The van der Waals surface area contributed by atoms with Crippen molar-refractivity contribution >= 4 is 5.97 Å². The monoisotopic (exact) mass is 514 g/mol. The highest BCUT2D eigenvalue weighted by Gasteiger charge is 2.13. The van der Waals surface area contributed by atoms with Crippen LogP contribution in [0, 0.1) is 0 Å². The smallest absolute Gasteiger partial charge is 0.306 e. The number of unbranched alkanes of at least 4 members (excludes halogenated alkanes) is 5. The molecule has 0 spiro atoms. The predicted molar refractivity (Wildman–Crippen MR) is 159 cm³/mol. The Morgan fingerprint density at radius 3 is 1.73 bits per heavy atom. The molecule has 1 N–H and O–H groups in total. The lowest BCUT2D eigenvalue weighted by Gasteiger charge is -2.15. The highest BCUT2D eigenvalue weighted by Crippen LogP contribution is 2.05. The van der Waals surface area contributed by atoms with Gasteiger partial charge in [0.15, 0.2) is 0 Å². The zero-order valence-corrected chi connectivity index (χ0v) is 23.7. The number of carbonyl (C=O) groups excluding carboxylic acids is 1. The molecule has 0 aromatic heterocycles. The molecule has 0 amide bonds. The van der Waals surface area contributed by atoms with E-state index in [1.807, 2.05) is 0 Å². The molecule has 4 heteroatoms. The molecular weight excluding hydrogens is 460 g/mol. The Hall–Kier alpha value is -2.17. The summed E-state index contributed by atoms with van der Waals surface area (Å²) in [6.07, 6.45) is 39.9. The zero-order valence-electron chi connectivity index (χ0n) is 23.7. The van der Waals surface area contributed by atoms with Crippen molar-refractivity contribution in [1.82, 2.24) is 0 Å². The second-order valence-electron chi connectivity index (χ2n) is 9.09. The number of hydrogen-bond acceptors (Lipinski definition) is 4. The summed E-state index contributed by atoms with van der Waals surface area (Å²) in [5.41, 5.74) is 0.